The molecular weight excluding hydrogens is 1120 g/mol. The highest BCUT2D eigenvalue weighted by Crippen LogP contribution is 2.39. The lowest BCUT2D eigenvalue weighted by molar-refractivity contribution is -0.392. The van der Waals surface area contributed by atoms with Crippen molar-refractivity contribution in [1.29, 1.82) is 0 Å². The van der Waals surface area contributed by atoms with Gasteiger partial charge in [0.25, 0.3) is 0 Å². The van der Waals surface area contributed by atoms with Crippen LogP contribution in [0.3, 0.4) is 0 Å². The summed E-state index contributed by atoms with van der Waals surface area (Å²) in [5, 5.41) is 217. The summed E-state index contributed by atoms with van der Waals surface area (Å²) in [6.45, 7) is -7.49. The maximum absolute atomic E-state index is 11.6. The van der Waals surface area contributed by atoms with Crippen molar-refractivity contribution in [2.75, 3.05) is 46.2 Å². The van der Waals surface area contributed by atoms with E-state index in [4.69, 9.17) is 66.3 Å². The molecule has 0 aromatic rings. The minimum absolute atomic E-state index is 1.07. The molecule has 21 fully saturated rings. The Bertz CT molecular complexity index is 2080. The molecule has 0 saturated carbocycles. The largest absolute Gasteiger partial charge is 0.394 e. The van der Waals surface area contributed by atoms with Crippen molar-refractivity contribution in [2.24, 2.45) is 10.2 Å². The van der Waals surface area contributed by atoms with E-state index in [1.165, 1.54) is 0 Å². The quantitative estimate of drug-likeness (QED) is 0.0579. The predicted molar refractivity (Wildman–Crippen MR) is 242 cm³/mol. The molecule has 464 valence electrons. The summed E-state index contributed by atoms with van der Waals surface area (Å²) in [6.07, 6.45) is -66.6. The van der Waals surface area contributed by atoms with Crippen molar-refractivity contribution in [1.82, 2.24) is 0 Å². The molecule has 19 N–H and O–H groups in total. The second-order valence-electron chi connectivity index (χ2n) is 20.1. The van der Waals surface area contributed by atoms with Crippen molar-refractivity contribution in [2.45, 2.75) is 215 Å². The molecule has 0 aromatic carbocycles. The number of azide groups is 2. The Labute approximate surface area is 455 Å². The Kier molecular flexibility index (Phi) is 22.0. The highest BCUT2D eigenvalue weighted by Gasteiger charge is 2.59. The summed E-state index contributed by atoms with van der Waals surface area (Å²) in [6, 6.07) is -3.80. The highest BCUT2D eigenvalue weighted by molar-refractivity contribution is 5.03. The summed E-state index contributed by atoms with van der Waals surface area (Å²) in [5.41, 5.74) is 19.2. The summed E-state index contributed by atoms with van der Waals surface area (Å²) >= 11 is 0. The molecule has 0 aliphatic carbocycles. The second kappa shape index (κ2) is 27.8. The third-order valence-electron chi connectivity index (χ3n) is 15.2. The zero-order valence-corrected chi connectivity index (χ0v) is 42.1. The van der Waals surface area contributed by atoms with Crippen LogP contribution in [0.5, 0.6) is 0 Å². The summed E-state index contributed by atoms with van der Waals surface area (Å²) < 4.78 is 80.4. The molecule has 39 heteroatoms. The van der Waals surface area contributed by atoms with Crippen molar-refractivity contribution >= 4 is 0 Å². The summed E-state index contributed by atoms with van der Waals surface area (Å²) in [7, 11) is 0. The molecule has 21 aliphatic heterocycles. The monoisotopic (exact) mass is 1180 g/mol. The standard InChI is InChI=1S/C42H68N6O33/c43-47-45-15-17(56)36-68-9(2-50)30(15)76-39-25(64)20(59)34(13(6-54)71-39)80-42-28(67)23(62)35(14(7-55)74-42)81-41-27(66)22(61)32(11(4-52)73-41)78-37-18(57)16(46-48-44)29(8(1-49)69-37)75-38-24(63)19(58)33(12(5-53)70-38)79-40-26(65)21(60)31(77-36)10(3-51)72-40/h8-42,49-67H,1-7H2/t8-,9+,10-,11+,12-,13-,14+,15-,16+,17-,18-,19+,20-,21+,22-,23-,24+,25-,26+,27-,28-,29-,30-,31-,32-,33-,34-,35-,36-,37-,38-,39-,40-,41-,42-/m1/s1. The van der Waals surface area contributed by atoms with Crippen LogP contribution in [0.25, 0.3) is 20.9 Å². The van der Waals surface area contributed by atoms with Crippen LogP contribution in [-0.2, 0) is 66.3 Å². The number of ether oxygens (including phenoxy) is 14. The van der Waals surface area contributed by atoms with Crippen LogP contribution in [0.15, 0.2) is 10.2 Å². The molecule has 0 amide bonds. The van der Waals surface area contributed by atoms with Gasteiger partial charge in [0.15, 0.2) is 44.0 Å². The second-order valence-corrected chi connectivity index (χ2v) is 20.1. The Morgan fingerprint density at radius 3 is 0.568 bits per heavy atom. The lowest BCUT2D eigenvalue weighted by Gasteiger charge is -2.50. The maximum Gasteiger partial charge on any atom is 0.187 e. The molecule has 0 spiro atoms. The van der Waals surface area contributed by atoms with Crippen LogP contribution >= 0.6 is 0 Å². The highest BCUT2D eigenvalue weighted by atomic mass is 16.8. The third kappa shape index (κ3) is 12.8. The number of nitrogens with zero attached hydrogens (tertiary/aromatic N) is 6. The Balaban J connectivity index is 1.11. The molecule has 81 heavy (non-hydrogen) atoms. The van der Waals surface area contributed by atoms with E-state index >= 15 is 0 Å². The molecule has 0 aromatic heterocycles. The molecule has 14 bridgehead atoms. The van der Waals surface area contributed by atoms with Gasteiger partial charge in [-0.2, -0.15) is 0 Å². The number of hydrogen-bond acceptors (Lipinski definition) is 35. The van der Waals surface area contributed by atoms with Gasteiger partial charge in [-0.15, -0.1) is 0 Å². The maximum atomic E-state index is 11.6. The Morgan fingerprint density at radius 2 is 0.395 bits per heavy atom. The van der Waals surface area contributed by atoms with Crippen LogP contribution in [0, 0.1) is 0 Å². The molecule has 21 saturated heterocycles. The van der Waals surface area contributed by atoms with Gasteiger partial charge in [-0.05, 0) is 11.1 Å². The topological polar surface area (TPSA) is 611 Å². The molecule has 39 nitrogen and oxygen atoms in total. The first kappa shape index (κ1) is 64.3. The number of rotatable bonds is 9. The van der Waals surface area contributed by atoms with Gasteiger partial charge in [0.05, 0.1) is 58.3 Å². The van der Waals surface area contributed by atoms with Crippen LogP contribution < -0.4 is 0 Å². The Hall–Kier alpha value is -2.70. The minimum Gasteiger partial charge on any atom is -0.394 e. The number of aliphatic hydroxyl groups excluding tert-OH is 19. The van der Waals surface area contributed by atoms with Crippen molar-refractivity contribution in [3.8, 4) is 0 Å². The van der Waals surface area contributed by atoms with E-state index in [0.29, 0.717) is 0 Å². The SMILES string of the molecule is [N-]=[N+]=N[C@@H]1[C@@H](O)[C@H]2O[C@H]3[C@@H](O)[C@H](O)[C@@H](O[C@H]4[C@@H](O)[C@H](O)[C@@H](O[C@H]5[C@@H](N=[N+]=[N-])[C@@H](O)[C@@H](O[C@H]6[C@H](O)[C@@H](O)[C@@H](O[C@H]7[C@H](O)[C@@H](O)[C@@H](O[C@H]8[C@H](O)[C@@H](O)[C@@H](O[C@@H]1[C@H](CO)O2)O[C@@H]8CO)O[C@H]7CO)O[C@H]6CO)O[C@@H]5CO)O[C@@H]4CO)O[C@@H]3CO. The van der Waals surface area contributed by atoms with Crippen molar-refractivity contribution < 1.29 is 163 Å². The average molecular weight is 1190 g/mol. The number of aliphatic hydroxyl groups is 19. The van der Waals surface area contributed by atoms with Gasteiger partial charge < -0.3 is 163 Å². The van der Waals surface area contributed by atoms with E-state index in [9.17, 15) is 108 Å². The zero-order chi connectivity index (χ0) is 58.9. The van der Waals surface area contributed by atoms with E-state index in [1.807, 2.05) is 0 Å². The van der Waals surface area contributed by atoms with Gasteiger partial charge in [0, 0.05) is 9.82 Å². The van der Waals surface area contributed by atoms with Gasteiger partial charge in [0.1, 0.15) is 159 Å². The zero-order valence-electron chi connectivity index (χ0n) is 42.1. The van der Waals surface area contributed by atoms with E-state index in [0.717, 1.165) is 0 Å². The van der Waals surface area contributed by atoms with Crippen LogP contribution in [0.1, 0.15) is 0 Å². The molecule has 21 heterocycles. The normalized spacial score (nSPS) is 52.9. The van der Waals surface area contributed by atoms with E-state index in [-0.39, 0.29) is 0 Å². The summed E-state index contributed by atoms with van der Waals surface area (Å²) in [4.78, 5) is 5.39. The lowest BCUT2D eigenvalue weighted by atomic mass is 9.94. The van der Waals surface area contributed by atoms with Gasteiger partial charge >= 0.3 is 0 Å². The fraction of sp³-hybridized carbons (Fsp3) is 1.00. The van der Waals surface area contributed by atoms with Gasteiger partial charge in [0.2, 0.25) is 0 Å². The minimum atomic E-state index is -2.24. The molecular formula is C42H68N6O33. The molecule has 21 rings (SSSR count). The van der Waals surface area contributed by atoms with Crippen LogP contribution in [0.4, 0.5) is 0 Å². The predicted octanol–water partition coefficient (Wildman–Crippen LogP) is -12.6. The molecule has 21 aliphatic rings. The van der Waals surface area contributed by atoms with Gasteiger partial charge in [-0.1, -0.05) is 10.2 Å². The first-order valence-corrected chi connectivity index (χ1v) is 25.4. The lowest BCUT2D eigenvalue weighted by Crippen LogP contribution is -2.68. The van der Waals surface area contributed by atoms with Gasteiger partial charge in [-0.25, -0.2) is 0 Å². The molecule has 0 unspecified atom stereocenters. The summed E-state index contributed by atoms with van der Waals surface area (Å²) in [5.74, 6) is 0. The fourth-order valence-corrected chi connectivity index (χ4v) is 10.8. The Morgan fingerprint density at radius 1 is 0.235 bits per heavy atom. The van der Waals surface area contributed by atoms with Crippen LogP contribution in [-0.4, -0.2) is 358 Å². The fourth-order valence-electron chi connectivity index (χ4n) is 10.8. The first-order chi connectivity index (χ1) is 38.7. The van der Waals surface area contributed by atoms with Crippen LogP contribution in [0.2, 0.25) is 0 Å². The molecule has 35 atom stereocenters. The van der Waals surface area contributed by atoms with Crippen molar-refractivity contribution in [3.63, 3.8) is 0 Å². The van der Waals surface area contributed by atoms with E-state index in [1.54, 1.807) is 0 Å². The number of hydrogen-bond donors (Lipinski definition) is 19. The average Bonchev–Trinajstić information content (AvgIpc) is 3.49. The van der Waals surface area contributed by atoms with E-state index in [2.05, 4.69) is 20.1 Å². The van der Waals surface area contributed by atoms with E-state index < -0.39 is 261 Å². The van der Waals surface area contributed by atoms with Gasteiger partial charge in [-0.3, -0.25) is 0 Å². The third-order valence-corrected chi connectivity index (χ3v) is 15.2. The first-order valence-electron chi connectivity index (χ1n) is 25.4. The smallest absolute Gasteiger partial charge is 0.187 e. The molecule has 0 radical (unpaired) electrons. The van der Waals surface area contributed by atoms with Crippen molar-refractivity contribution in [3.05, 3.63) is 20.9 Å².